The number of nitrogens with zero attached hydrogens (tertiary/aromatic N) is 1. The Morgan fingerprint density at radius 3 is 1.66 bits per heavy atom. The van der Waals surface area contributed by atoms with Gasteiger partial charge in [0.25, 0.3) is 0 Å². The van der Waals surface area contributed by atoms with Gasteiger partial charge >= 0.3 is 0 Å². The number of para-hydroxylation sites is 2. The van der Waals surface area contributed by atoms with Gasteiger partial charge in [0.2, 0.25) is 0 Å². The molecular weight excluding hydrogens is 887 g/mol. The fourth-order valence-corrected chi connectivity index (χ4v) is 14.1. The van der Waals surface area contributed by atoms with Crippen LogP contribution in [0.4, 0.5) is 17.1 Å². The van der Waals surface area contributed by atoms with Crippen LogP contribution in [0.25, 0.3) is 99.2 Å². The Bertz CT molecular complexity index is 4430. The quantitative estimate of drug-likeness (QED) is 0.176. The van der Waals surface area contributed by atoms with Crippen LogP contribution >= 0.6 is 0 Å². The molecular formula is C70H55NO2. The highest BCUT2D eigenvalue weighted by molar-refractivity contribution is 6.19. The molecule has 0 unspecified atom stereocenters. The van der Waals surface area contributed by atoms with Gasteiger partial charge in [0.05, 0.1) is 5.69 Å². The lowest BCUT2D eigenvalue weighted by atomic mass is 9.79. The van der Waals surface area contributed by atoms with Crippen molar-refractivity contribution in [1.29, 1.82) is 0 Å². The van der Waals surface area contributed by atoms with Crippen LogP contribution in [0.3, 0.4) is 0 Å². The number of fused-ring (bicyclic) bond motifs is 18. The zero-order chi connectivity index (χ0) is 49.6. The number of benzene rings is 10. The molecule has 0 fully saturated rings. The topological polar surface area (TPSA) is 29.5 Å². The van der Waals surface area contributed by atoms with Crippen LogP contribution in [-0.4, -0.2) is 0 Å². The monoisotopic (exact) mass is 941 g/mol. The third-order valence-electron chi connectivity index (χ3n) is 17.7. The summed E-state index contributed by atoms with van der Waals surface area (Å²) in [6.07, 6.45) is 0. The summed E-state index contributed by atoms with van der Waals surface area (Å²) in [5, 5.41) is 7.21. The summed E-state index contributed by atoms with van der Waals surface area (Å²) in [5.41, 5.74) is 28.6. The van der Waals surface area contributed by atoms with Crippen LogP contribution in [0, 0.1) is 20.8 Å². The molecule has 10 aromatic carbocycles. The van der Waals surface area contributed by atoms with Crippen molar-refractivity contribution >= 4 is 71.7 Å². The summed E-state index contributed by atoms with van der Waals surface area (Å²) in [4.78, 5) is 2.55. The fourth-order valence-electron chi connectivity index (χ4n) is 14.1. The summed E-state index contributed by atoms with van der Waals surface area (Å²) in [7, 11) is 0. The second kappa shape index (κ2) is 14.3. The second-order valence-corrected chi connectivity index (χ2v) is 23.0. The summed E-state index contributed by atoms with van der Waals surface area (Å²) in [5.74, 6) is 0. The van der Waals surface area contributed by atoms with Crippen molar-refractivity contribution in [3.8, 4) is 44.5 Å². The van der Waals surface area contributed by atoms with Crippen LogP contribution in [0.1, 0.15) is 91.6 Å². The zero-order valence-corrected chi connectivity index (χ0v) is 42.9. The maximum Gasteiger partial charge on any atom is 0.143 e. The van der Waals surface area contributed by atoms with Crippen LogP contribution in [0.15, 0.2) is 179 Å². The van der Waals surface area contributed by atoms with Crippen molar-refractivity contribution in [3.63, 3.8) is 0 Å². The van der Waals surface area contributed by atoms with Gasteiger partial charge in [-0.2, -0.15) is 0 Å². The summed E-state index contributed by atoms with van der Waals surface area (Å²) in [6, 6.07) is 63.8. The fraction of sp³-hybridized carbons (Fsp3) is 0.171. The smallest absolute Gasteiger partial charge is 0.143 e. The van der Waals surface area contributed by atoms with E-state index in [1.54, 1.807) is 0 Å². The molecule has 0 saturated heterocycles. The molecule has 2 aromatic heterocycles. The van der Waals surface area contributed by atoms with Crippen LogP contribution < -0.4 is 4.90 Å². The third kappa shape index (κ3) is 5.60. The van der Waals surface area contributed by atoms with Crippen molar-refractivity contribution in [2.75, 3.05) is 4.90 Å². The largest absolute Gasteiger partial charge is 0.456 e. The minimum Gasteiger partial charge on any atom is -0.456 e. The summed E-state index contributed by atoms with van der Waals surface area (Å²) in [6.45, 7) is 21.2. The number of aryl methyl sites for hydroxylation is 3. The Kier molecular flexibility index (Phi) is 8.33. The van der Waals surface area contributed by atoms with Crippen LogP contribution in [0.5, 0.6) is 0 Å². The summed E-state index contributed by atoms with van der Waals surface area (Å²) < 4.78 is 13.4. The number of furan rings is 2. The van der Waals surface area contributed by atoms with Gasteiger partial charge in [-0.05, 0) is 182 Å². The molecule has 3 nitrogen and oxygen atoms in total. The zero-order valence-electron chi connectivity index (χ0n) is 42.9. The van der Waals surface area contributed by atoms with Gasteiger partial charge in [-0.3, -0.25) is 0 Å². The van der Waals surface area contributed by atoms with Gasteiger partial charge in [-0.25, -0.2) is 0 Å². The first-order valence-corrected chi connectivity index (χ1v) is 26.0. The highest BCUT2D eigenvalue weighted by Gasteiger charge is 2.44. The standard InChI is InChI=1S/C70H55NO2/c1-38-30-39(2)66(40(3)31-38)71(44-24-26-46-51-36-57-52(37-56(51)69(6,7)54(46)33-44)63-53(68(57,4)5)28-29-61-64(63)48-18-12-14-20-59(48)72-61)45-25-27-47-55(34-45)70(8,9)58-35-50(43-23-22-41-16-10-11-17-42(41)32-43)67-65(62(47)58)49-19-13-15-21-60(49)73-67/h10-37H,1-9H3. The Morgan fingerprint density at radius 2 is 0.918 bits per heavy atom. The molecule has 0 atom stereocenters. The highest BCUT2D eigenvalue weighted by atomic mass is 16.3. The Hall–Kier alpha value is -8.14. The van der Waals surface area contributed by atoms with E-state index in [2.05, 4.69) is 237 Å². The molecule has 352 valence electrons. The van der Waals surface area contributed by atoms with Crippen molar-refractivity contribution < 1.29 is 8.83 Å². The van der Waals surface area contributed by atoms with Gasteiger partial charge in [-0.1, -0.05) is 150 Å². The summed E-state index contributed by atoms with van der Waals surface area (Å²) >= 11 is 0. The Morgan fingerprint density at radius 1 is 0.370 bits per heavy atom. The SMILES string of the molecule is Cc1cc(C)c(N(c2ccc3c(c2)C(C)(C)c2cc4c(cc2-3)C(C)(C)c2ccc3oc5ccccc5c3c2-4)c2ccc3c(c2)C(C)(C)c2cc(-c4ccc5ccccc5c4)c4oc5ccccc5c4c2-3)c(C)c1. The second-order valence-electron chi connectivity index (χ2n) is 23.0. The molecule has 0 saturated carbocycles. The number of hydrogen-bond acceptors (Lipinski definition) is 3. The average molecular weight is 942 g/mol. The third-order valence-corrected chi connectivity index (χ3v) is 17.7. The lowest BCUT2D eigenvalue weighted by Gasteiger charge is -2.32. The van der Waals surface area contributed by atoms with E-state index in [1.165, 1.54) is 122 Å². The van der Waals surface area contributed by atoms with Crippen LogP contribution in [-0.2, 0) is 16.2 Å². The van der Waals surface area contributed by atoms with E-state index in [4.69, 9.17) is 8.83 Å². The first kappa shape index (κ1) is 42.5. The lowest BCUT2D eigenvalue weighted by Crippen LogP contribution is -2.19. The molecule has 73 heavy (non-hydrogen) atoms. The minimum absolute atomic E-state index is 0.175. The number of rotatable bonds is 4. The van der Waals surface area contributed by atoms with E-state index < -0.39 is 0 Å². The molecule has 0 radical (unpaired) electrons. The number of anilines is 3. The Balaban J connectivity index is 0.905. The van der Waals surface area contributed by atoms with E-state index in [0.717, 1.165) is 44.7 Å². The molecule has 0 aliphatic heterocycles. The van der Waals surface area contributed by atoms with Crippen molar-refractivity contribution in [1.82, 2.24) is 0 Å². The van der Waals surface area contributed by atoms with Gasteiger partial charge < -0.3 is 13.7 Å². The van der Waals surface area contributed by atoms with Crippen molar-refractivity contribution in [3.05, 3.63) is 220 Å². The van der Waals surface area contributed by atoms with E-state index in [0.29, 0.717) is 0 Å². The minimum atomic E-state index is -0.315. The van der Waals surface area contributed by atoms with Gasteiger partial charge in [0.1, 0.15) is 22.3 Å². The first-order chi connectivity index (χ1) is 35.2. The molecule has 15 rings (SSSR count). The Labute approximate surface area is 426 Å². The predicted molar refractivity (Wildman–Crippen MR) is 306 cm³/mol. The van der Waals surface area contributed by atoms with Crippen LogP contribution in [0.2, 0.25) is 0 Å². The van der Waals surface area contributed by atoms with E-state index in [-0.39, 0.29) is 16.2 Å². The van der Waals surface area contributed by atoms with E-state index >= 15 is 0 Å². The van der Waals surface area contributed by atoms with Crippen molar-refractivity contribution in [2.45, 2.75) is 78.6 Å². The van der Waals surface area contributed by atoms with Gasteiger partial charge in [-0.15, -0.1) is 0 Å². The molecule has 3 aliphatic rings. The first-order valence-electron chi connectivity index (χ1n) is 26.0. The molecule has 0 amide bonds. The molecule has 3 heteroatoms. The highest BCUT2D eigenvalue weighted by Crippen LogP contribution is 2.60. The number of hydrogen-bond donors (Lipinski definition) is 0. The molecule has 0 N–H and O–H groups in total. The molecule has 0 spiro atoms. The maximum absolute atomic E-state index is 6.91. The predicted octanol–water partition coefficient (Wildman–Crippen LogP) is 19.6. The molecule has 2 heterocycles. The normalized spacial score (nSPS) is 15.2. The lowest BCUT2D eigenvalue weighted by molar-refractivity contribution is 0.651. The molecule has 0 bridgehead atoms. The molecule has 12 aromatic rings. The van der Waals surface area contributed by atoms with E-state index in [9.17, 15) is 0 Å². The van der Waals surface area contributed by atoms with Gasteiger partial charge in [0.15, 0.2) is 0 Å². The van der Waals surface area contributed by atoms with E-state index in [1.807, 2.05) is 0 Å². The van der Waals surface area contributed by atoms with Crippen molar-refractivity contribution in [2.24, 2.45) is 0 Å². The maximum atomic E-state index is 6.91. The average Bonchev–Trinajstić information content (AvgIpc) is 4.14. The molecule has 3 aliphatic carbocycles. The van der Waals surface area contributed by atoms with Gasteiger partial charge in [0, 0.05) is 54.7 Å².